The predicted octanol–water partition coefficient (Wildman–Crippen LogP) is 5.34. The van der Waals surface area contributed by atoms with Crippen molar-refractivity contribution in [3.63, 3.8) is 0 Å². The number of benzene rings is 2. The molecule has 0 aromatic heterocycles. The summed E-state index contributed by atoms with van der Waals surface area (Å²) in [6, 6.07) is 11.5. The average Bonchev–Trinajstić information content (AvgIpc) is 2.48. The van der Waals surface area contributed by atoms with Crippen LogP contribution < -0.4 is 0 Å². The fraction of sp³-hybridized carbons (Fsp3) is 0.333. The minimum absolute atomic E-state index is 0.228. The summed E-state index contributed by atoms with van der Waals surface area (Å²) in [6.07, 6.45) is 4.77. The van der Waals surface area contributed by atoms with Crippen molar-refractivity contribution >= 4 is 11.6 Å². The number of alkyl halides is 1. The van der Waals surface area contributed by atoms with Gasteiger partial charge in [0.25, 0.3) is 0 Å². The van der Waals surface area contributed by atoms with Crippen molar-refractivity contribution in [2.75, 3.05) is 0 Å². The first kappa shape index (κ1) is 13.6. The maximum absolute atomic E-state index is 14.0. The highest BCUT2D eigenvalue weighted by Crippen LogP contribution is 2.33. The number of hydrogen-bond donors (Lipinski definition) is 0. The molecule has 0 heterocycles. The maximum Gasteiger partial charge on any atom is 0.128 e. The molecule has 0 spiro atoms. The molecule has 3 rings (SSSR count). The van der Waals surface area contributed by atoms with E-state index in [2.05, 4.69) is 12.1 Å². The number of hydrogen-bond acceptors (Lipinski definition) is 0. The molecule has 1 aliphatic rings. The van der Waals surface area contributed by atoms with Crippen LogP contribution in [0.5, 0.6) is 0 Å². The summed E-state index contributed by atoms with van der Waals surface area (Å²) in [4.78, 5) is 0. The molecule has 104 valence electrons. The first-order valence-corrected chi connectivity index (χ1v) is 7.60. The van der Waals surface area contributed by atoms with Gasteiger partial charge >= 0.3 is 0 Å². The highest BCUT2D eigenvalue weighted by Gasteiger charge is 2.18. The number of halogens is 2. The van der Waals surface area contributed by atoms with Crippen molar-refractivity contribution in [3.8, 4) is 0 Å². The number of rotatable bonds is 2. The quantitative estimate of drug-likeness (QED) is 0.654. The molecule has 1 aliphatic carbocycles. The lowest BCUT2D eigenvalue weighted by Crippen LogP contribution is -2.05. The van der Waals surface area contributed by atoms with Gasteiger partial charge in [0.15, 0.2) is 0 Å². The second-order valence-corrected chi connectivity index (χ2v) is 6.06. The summed E-state index contributed by atoms with van der Waals surface area (Å²) < 4.78 is 14.0. The molecule has 0 aliphatic heterocycles. The molecule has 0 radical (unpaired) electrons. The summed E-state index contributed by atoms with van der Waals surface area (Å²) in [6.45, 7) is 1.96. The monoisotopic (exact) mass is 288 g/mol. The van der Waals surface area contributed by atoms with Crippen molar-refractivity contribution in [2.24, 2.45) is 0 Å². The van der Waals surface area contributed by atoms with E-state index in [0.29, 0.717) is 5.56 Å². The van der Waals surface area contributed by atoms with Crippen LogP contribution in [0.4, 0.5) is 4.39 Å². The number of aryl methyl sites for hydroxylation is 3. The standard InChI is InChI=1S/C18H18ClF/c1-12-6-9-17(20)16(10-12)18(19)15-8-7-13-4-2-3-5-14(13)11-15/h6-11,18H,2-5H2,1H3. The van der Waals surface area contributed by atoms with Gasteiger partial charge in [-0.25, -0.2) is 4.39 Å². The smallest absolute Gasteiger partial charge is 0.128 e. The van der Waals surface area contributed by atoms with Crippen LogP contribution in [0.3, 0.4) is 0 Å². The van der Waals surface area contributed by atoms with E-state index in [4.69, 9.17) is 11.6 Å². The topological polar surface area (TPSA) is 0 Å². The Morgan fingerprint density at radius 3 is 2.55 bits per heavy atom. The van der Waals surface area contributed by atoms with Crippen LogP contribution in [-0.2, 0) is 12.8 Å². The van der Waals surface area contributed by atoms with E-state index in [1.54, 1.807) is 6.07 Å². The summed E-state index contributed by atoms with van der Waals surface area (Å²) in [5.41, 5.74) is 5.41. The Labute approximate surface area is 124 Å². The summed E-state index contributed by atoms with van der Waals surface area (Å²) in [5, 5.41) is -0.415. The fourth-order valence-corrected chi connectivity index (χ4v) is 3.25. The normalized spacial score (nSPS) is 15.8. The van der Waals surface area contributed by atoms with Crippen LogP contribution >= 0.6 is 11.6 Å². The van der Waals surface area contributed by atoms with Gasteiger partial charge in [-0.1, -0.05) is 35.9 Å². The second kappa shape index (κ2) is 5.57. The fourth-order valence-electron chi connectivity index (χ4n) is 2.95. The number of fused-ring (bicyclic) bond motifs is 1. The van der Waals surface area contributed by atoms with Gasteiger partial charge in [0.1, 0.15) is 5.82 Å². The van der Waals surface area contributed by atoms with Crippen LogP contribution in [0.15, 0.2) is 36.4 Å². The van der Waals surface area contributed by atoms with Gasteiger partial charge in [-0.05, 0) is 55.4 Å². The third-order valence-corrected chi connectivity index (χ3v) is 4.58. The molecule has 20 heavy (non-hydrogen) atoms. The largest absolute Gasteiger partial charge is 0.207 e. The molecular weight excluding hydrogens is 271 g/mol. The first-order chi connectivity index (χ1) is 9.65. The molecule has 0 saturated heterocycles. The van der Waals surface area contributed by atoms with Crippen molar-refractivity contribution in [1.82, 2.24) is 0 Å². The Bertz CT molecular complexity index is 633. The van der Waals surface area contributed by atoms with Gasteiger partial charge in [0, 0.05) is 5.56 Å². The van der Waals surface area contributed by atoms with Crippen molar-refractivity contribution in [2.45, 2.75) is 38.0 Å². The highest BCUT2D eigenvalue weighted by atomic mass is 35.5. The van der Waals surface area contributed by atoms with Gasteiger partial charge in [0.2, 0.25) is 0 Å². The third kappa shape index (κ3) is 2.60. The Kier molecular flexibility index (Phi) is 3.80. The Morgan fingerprint density at radius 1 is 1.00 bits per heavy atom. The minimum atomic E-state index is -0.415. The van der Waals surface area contributed by atoms with E-state index in [1.807, 2.05) is 19.1 Å². The lowest BCUT2D eigenvalue weighted by atomic mass is 9.89. The SMILES string of the molecule is Cc1ccc(F)c(C(Cl)c2ccc3c(c2)CCCC3)c1. The zero-order valence-electron chi connectivity index (χ0n) is 11.6. The van der Waals surface area contributed by atoms with Crippen LogP contribution in [0, 0.1) is 12.7 Å². The van der Waals surface area contributed by atoms with Gasteiger partial charge in [0.05, 0.1) is 5.38 Å². The van der Waals surface area contributed by atoms with Crippen LogP contribution in [-0.4, -0.2) is 0 Å². The predicted molar refractivity (Wildman–Crippen MR) is 81.9 cm³/mol. The van der Waals surface area contributed by atoms with Crippen LogP contribution in [0.1, 0.15) is 46.0 Å². The average molecular weight is 289 g/mol. The lowest BCUT2D eigenvalue weighted by Gasteiger charge is -2.19. The maximum atomic E-state index is 14.0. The van der Waals surface area contributed by atoms with Crippen LogP contribution in [0.2, 0.25) is 0 Å². The van der Waals surface area contributed by atoms with Crippen molar-refractivity contribution in [3.05, 3.63) is 70.0 Å². The van der Waals surface area contributed by atoms with E-state index in [0.717, 1.165) is 24.0 Å². The zero-order chi connectivity index (χ0) is 14.1. The molecule has 0 saturated carbocycles. The van der Waals surface area contributed by atoms with Crippen molar-refractivity contribution < 1.29 is 4.39 Å². The minimum Gasteiger partial charge on any atom is -0.207 e. The molecule has 2 aromatic carbocycles. The van der Waals surface area contributed by atoms with Gasteiger partial charge < -0.3 is 0 Å². The zero-order valence-corrected chi connectivity index (χ0v) is 12.4. The highest BCUT2D eigenvalue weighted by molar-refractivity contribution is 6.22. The molecule has 1 atom stereocenters. The lowest BCUT2D eigenvalue weighted by molar-refractivity contribution is 0.611. The van der Waals surface area contributed by atoms with Gasteiger partial charge in [-0.3, -0.25) is 0 Å². The van der Waals surface area contributed by atoms with E-state index >= 15 is 0 Å². The molecule has 0 N–H and O–H groups in total. The Balaban J connectivity index is 1.97. The first-order valence-electron chi connectivity index (χ1n) is 7.17. The third-order valence-electron chi connectivity index (χ3n) is 4.09. The molecule has 0 amide bonds. The molecule has 2 heteroatoms. The second-order valence-electron chi connectivity index (χ2n) is 5.62. The summed E-state index contributed by atoms with van der Waals surface area (Å²) in [7, 11) is 0. The molecule has 1 unspecified atom stereocenters. The molecule has 2 aromatic rings. The van der Waals surface area contributed by atoms with E-state index in [9.17, 15) is 4.39 Å². The summed E-state index contributed by atoms with van der Waals surface area (Å²) >= 11 is 6.51. The van der Waals surface area contributed by atoms with Gasteiger partial charge in [-0.2, -0.15) is 0 Å². The van der Waals surface area contributed by atoms with Crippen molar-refractivity contribution in [1.29, 1.82) is 0 Å². The Morgan fingerprint density at radius 2 is 1.75 bits per heavy atom. The van der Waals surface area contributed by atoms with E-state index in [1.165, 1.54) is 30.0 Å². The summed E-state index contributed by atoms with van der Waals surface area (Å²) in [5.74, 6) is -0.228. The molecule has 0 nitrogen and oxygen atoms in total. The van der Waals surface area contributed by atoms with E-state index in [-0.39, 0.29) is 5.82 Å². The van der Waals surface area contributed by atoms with Crippen LogP contribution in [0.25, 0.3) is 0 Å². The van der Waals surface area contributed by atoms with Gasteiger partial charge in [-0.15, -0.1) is 11.6 Å². The molecular formula is C18H18ClF. The molecule has 0 bridgehead atoms. The van der Waals surface area contributed by atoms with E-state index < -0.39 is 5.38 Å². The molecule has 0 fully saturated rings. The Hall–Kier alpha value is -1.34.